The molecule has 0 bridgehead atoms. The van der Waals surface area contributed by atoms with Gasteiger partial charge in [0.05, 0.1) is 5.69 Å². The molecule has 0 aliphatic rings. The Morgan fingerprint density at radius 1 is 0.864 bits per heavy atom. The van der Waals surface area contributed by atoms with Crippen molar-refractivity contribution in [2.45, 2.75) is 64.7 Å². The first-order valence-corrected chi connectivity index (χ1v) is 8.89. The Kier molecular flexibility index (Phi) is 7.21. The molecular weight excluding hydrogens is 268 g/mol. The van der Waals surface area contributed by atoms with Crippen LogP contribution in [0.5, 0.6) is 0 Å². The fraction of sp³-hybridized carbons (Fsp3) is 0.550. The van der Waals surface area contributed by atoms with E-state index in [0.29, 0.717) is 0 Å². The molecule has 120 valence electrons. The molecule has 0 unspecified atom stereocenters. The van der Waals surface area contributed by atoms with Crippen LogP contribution in [0, 0.1) is 0 Å². The molecule has 2 aromatic rings. The maximum atomic E-state index is 4.80. The maximum Gasteiger partial charge on any atom is 0.139 e. The second-order valence-electron chi connectivity index (χ2n) is 6.26. The highest BCUT2D eigenvalue weighted by Gasteiger charge is 2.06. The number of benzene rings is 1. The molecule has 2 heteroatoms. The minimum atomic E-state index is 1.08. The van der Waals surface area contributed by atoms with Gasteiger partial charge in [-0.2, -0.15) is 0 Å². The summed E-state index contributed by atoms with van der Waals surface area (Å²) in [6.07, 6.45) is 14.2. The Morgan fingerprint density at radius 3 is 2.18 bits per heavy atom. The molecular formula is C20H30N2. The highest BCUT2D eigenvalue weighted by molar-refractivity contribution is 5.55. The summed E-state index contributed by atoms with van der Waals surface area (Å²) in [4.78, 5) is 4.80. The number of rotatable bonds is 10. The van der Waals surface area contributed by atoms with Crippen molar-refractivity contribution in [3.63, 3.8) is 0 Å². The molecule has 1 heterocycles. The third kappa shape index (κ3) is 5.32. The summed E-state index contributed by atoms with van der Waals surface area (Å²) >= 11 is 0. The summed E-state index contributed by atoms with van der Waals surface area (Å²) in [5, 5.41) is 0. The molecule has 0 spiro atoms. The van der Waals surface area contributed by atoms with Crippen molar-refractivity contribution in [1.82, 2.24) is 9.55 Å². The van der Waals surface area contributed by atoms with E-state index in [1.165, 1.54) is 62.6 Å². The average molecular weight is 298 g/mol. The lowest BCUT2D eigenvalue weighted by molar-refractivity contribution is 0.574. The molecule has 0 fully saturated rings. The smallest absolute Gasteiger partial charge is 0.139 e. The number of aromatic nitrogens is 2. The molecule has 0 atom stereocenters. The molecule has 2 nitrogen and oxygen atoms in total. The van der Waals surface area contributed by atoms with E-state index in [0.717, 1.165) is 12.2 Å². The summed E-state index contributed by atoms with van der Waals surface area (Å²) in [7, 11) is 2.09. The number of unbranched alkanes of at least 4 members (excludes halogenated alkanes) is 7. The molecule has 0 amide bonds. The normalized spacial score (nSPS) is 11.0. The van der Waals surface area contributed by atoms with E-state index in [4.69, 9.17) is 4.98 Å². The molecule has 1 aromatic heterocycles. The van der Waals surface area contributed by atoms with E-state index in [1.54, 1.807) is 0 Å². The van der Waals surface area contributed by atoms with Crippen LogP contribution in [0.15, 0.2) is 36.5 Å². The molecule has 0 aliphatic heterocycles. The van der Waals surface area contributed by atoms with Crippen molar-refractivity contribution in [2.75, 3.05) is 0 Å². The van der Waals surface area contributed by atoms with Crippen LogP contribution >= 0.6 is 0 Å². The Balaban J connectivity index is 1.71. The van der Waals surface area contributed by atoms with Crippen LogP contribution in [0.25, 0.3) is 11.4 Å². The van der Waals surface area contributed by atoms with Crippen LogP contribution < -0.4 is 0 Å². The molecule has 0 saturated heterocycles. The van der Waals surface area contributed by atoms with Crippen LogP contribution in [0.2, 0.25) is 0 Å². The summed E-state index contributed by atoms with van der Waals surface area (Å²) < 4.78 is 2.15. The van der Waals surface area contributed by atoms with Crippen molar-refractivity contribution in [1.29, 1.82) is 0 Å². The SMILES string of the molecule is CCCCCCCCCCc1cn(C)c(-c2ccccc2)n1. The fourth-order valence-corrected chi connectivity index (χ4v) is 2.94. The Hall–Kier alpha value is -1.57. The van der Waals surface area contributed by atoms with Gasteiger partial charge in [0, 0.05) is 18.8 Å². The monoisotopic (exact) mass is 298 g/mol. The summed E-state index contributed by atoms with van der Waals surface area (Å²) in [5.74, 6) is 1.08. The second kappa shape index (κ2) is 9.45. The minimum Gasteiger partial charge on any atom is -0.334 e. The van der Waals surface area contributed by atoms with Crippen LogP contribution in [0.1, 0.15) is 64.0 Å². The van der Waals surface area contributed by atoms with Gasteiger partial charge in [0.1, 0.15) is 5.82 Å². The predicted octanol–water partition coefficient (Wildman–Crippen LogP) is 5.77. The molecule has 2 rings (SSSR count). The van der Waals surface area contributed by atoms with E-state index in [1.807, 2.05) is 6.07 Å². The predicted molar refractivity (Wildman–Crippen MR) is 95.0 cm³/mol. The van der Waals surface area contributed by atoms with E-state index < -0.39 is 0 Å². The standard InChI is InChI=1S/C20H30N2/c1-3-4-5-6-7-8-9-13-16-19-17-22(2)20(21-19)18-14-11-10-12-15-18/h10-12,14-15,17H,3-9,13,16H2,1-2H3. The van der Waals surface area contributed by atoms with Crippen molar-refractivity contribution in [3.05, 3.63) is 42.2 Å². The quantitative estimate of drug-likeness (QED) is 0.509. The lowest BCUT2D eigenvalue weighted by Crippen LogP contribution is -1.90. The molecule has 0 aliphatic carbocycles. The van der Waals surface area contributed by atoms with Crippen molar-refractivity contribution in [3.8, 4) is 11.4 Å². The number of imidazole rings is 1. The van der Waals surface area contributed by atoms with Gasteiger partial charge in [-0.05, 0) is 12.8 Å². The van der Waals surface area contributed by atoms with Gasteiger partial charge in [0.2, 0.25) is 0 Å². The van der Waals surface area contributed by atoms with E-state index in [9.17, 15) is 0 Å². The van der Waals surface area contributed by atoms with Gasteiger partial charge in [0.15, 0.2) is 0 Å². The number of nitrogens with zero attached hydrogens (tertiary/aromatic N) is 2. The highest BCUT2D eigenvalue weighted by Crippen LogP contribution is 2.18. The van der Waals surface area contributed by atoms with E-state index in [2.05, 4.69) is 49.0 Å². The zero-order valence-corrected chi connectivity index (χ0v) is 14.2. The lowest BCUT2D eigenvalue weighted by Gasteiger charge is -2.00. The first-order chi connectivity index (χ1) is 10.8. The maximum absolute atomic E-state index is 4.80. The first-order valence-electron chi connectivity index (χ1n) is 8.89. The third-order valence-electron chi connectivity index (χ3n) is 4.24. The second-order valence-corrected chi connectivity index (χ2v) is 6.26. The van der Waals surface area contributed by atoms with Crippen LogP contribution in [-0.4, -0.2) is 9.55 Å². The Bertz CT molecular complexity index is 528. The van der Waals surface area contributed by atoms with Gasteiger partial charge < -0.3 is 4.57 Å². The van der Waals surface area contributed by atoms with Gasteiger partial charge in [-0.1, -0.05) is 82.2 Å². The van der Waals surface area contributed by atoms with Crippen LogP contribution in [-0.2, 0) is 13.5 Å². The minimum absolute atomic E-state index is 1.08. The third-order valence-corrected chi connectivity index (χ3v) is 4.24. The van der Waals surface area contributed by atoms with E-state index in [-0.39, 0.29) is 0 Å². The lowest BCUT2D eigenvalue weighted by atomic mass is 10.1. The van der Waals surface area contributed by atoms with Gasteiger partial charge in [-0.3, -0.25) is 0 Å². The number of aryl methyl sites for hydroxylation is 2. The topological polar surface area (TPSA) is 17.8 Å². The van der Waals surface area contributed by atoms with Gasteiger partial charge in [-0.25, -0.2) is 4.98 Å². The first kappa shape index (κ1) is 16.8. The number of hydrogen-bond acceptors (Lipinski definition) is 1. The molecule has 1 aromatic carbocycles. The van der Waals surface area contributed by atoms with Crippen molar-refractivity contribution in [2.24, 2.45) is 7.05 Å². The highest BCUT2D eigenvalue weighted by atomic mass is 15.0. The summed E-state index contributed by atoms with van der Waals surface area (Å²) in [5.41, 5.74) is 2.43. The van der Waals surface area contributed by atoms with E-state index >= 15 is 0 Å². The van der Waals surface area contributed by atoms with Crippen molar-refractivity contribution < 1.29 is 0 Å². The Morgan fingerprint density at radius 2 is 1.50 bits per heavy atom. The van der Waals surface area contributed by atoms with Crippen molar-refractivity contribution >= 4 is 0 Å². The Labute approximate surface area is 135 Å². The molecule has 0 N–H and O–H groups in total. The van der Waals surface area contributed by atoms with Gasteiger partial charge in [0.25, 0.3) is 0 Å². The largest absolute Gasteiger partial charge is 0.334 e. The molecule has 22 heavy (non-hydrogen) atoms. The molecule has 0 saturated carbocycles. The average Bonchev–Trinajstić information content (AvgIpc) is 2.92. The fourth-order valence-electron chi connectivity index (χ4n) is 2.94. The van der Waals surface area contributed by atoms with Gasteiger partial charge in [-0.15, -0.1) is 0 Å². The zero-order chi connectivity index (χ0) is 15.6. The van der Waals surface area contributed by atoms with Crippen LogP contribution in [0.3, 0.4) is 0 Å². The number of hydrogen-bond donors (Lipinski definition) is 0. The summed E-state index contributed by atoms with van der Waals surface area (Å²) in [6.45, 7) is 2.27. The summed E-state index contributed by atoms with van der Waals surface area (Å²) in [6, 6.07) is 10.4. The van der Waals surface area contributed by atoms with Gasteiger partial charge >= 0.3 is 0 Å². The zero-order valence-electron chi connectivity index (χ0n) is 14.2. The van der Waals surface area contributed by atoms with Crippen LogP contribution in [0.4, 0.5) is 0 Å². The molecule has 0 radical (unpaired) electrons.